The topological polar surface area (TPSA) is 72.3 Å². The summed E-state index contributed by atoms with van der Waals surface area (Å²) in [6, 6.07) is 4.76. The van der Waals surface area contributed by atoms with Gasteiger partial charge in [-0.15, -0.1) is 0 Å². The van der Waals surface area contributed by atoms with Gasteiger partial charge in [0, 0.05) is 17.8 Å². The average molecular weight is 262 g/mol. The summed E-state index contributed by atoms with van der Waals surface area (Å²) in [5.41, 5.74) is 0.547. The number of hydrogen-bond acceptors (Lipinski definition) is 4. The smallest absolute Gasteiger partial charge is 0.339 e. The van der Waals surface area contributed by atoms with Crippen molar-refractivity contribution in [2.45, 2.75) is 13.8 Å². The predicted molar refractivity (Wildman–Crippen MR) is 64.9 cm³/mol. The molecule has 0 bridgehead atoms. The standard InChI is InChI=1S/C13H11FN2O3/c1-7-5-12(16-8(2)15-7)19-11-6-9(14)3-4-10(11)13(17)18/h3-6H,1-2H3,(H,17,18). The second-order valence-electron chi connectivity index (χ2n) is 3.94. The molecule has 0 amide bonds. The van der Waals surface area contributed by atoms with E-state index in [2.05, 4.69) is 9.97 Å². The van der Waals surface area contributed by atoms with E-state index in [1.807, 2.05) is 0 Å². The van der Waals surface area contributed by atoms with Crippen LogP contribution in [0.15, 0.2) is 24.3 Å². The first-order valence-corrected chi connectivity index (χ1v) is 5.48. The molecule has 19 heavy (non-hydrogen) atoms. The molecular weight excluding hydrogens is 251 g/mol. The van der Waals surface area contributed by atoms with Gasteiger partial charge in [0.2, 0.25) is 5.88 Å². The third-order valence-electron chi connectivity index (χ3n) is 2.33. The molecule has 5 nitrogen and oxygen atoms in total. The number of ether oxygens (including phenoxy) is 1. The average Bonchev–Trinajstić information content (AvgIpc) is 2.26. The molecule has 2 rings (SSSR count). The van der Waals surface area contributed by atoms with Crippen LogP contribution in [-0.2, 0) is 0 Å². The van der Waals surface area contributed by atoms with Crippen molar-refractivity contribution < 1.29 is 19.0 Å². The van der Waals surface area contributed by atoms with Crippen LogP contribution < -0.4 is 4.74 Å². The van der Waals surface area contributed by atoms with Crippen molar-refractivity contribution in [3.63, 3.8) is 0 Å². The van der Waals surface area contributed by atoms with Crippen LogP contribution in [0, 0.1) is 19.7 Å². The Balaban J connectivity index is 2.42. The van der Waals surface area contributed by atoms with E-state index in [0.29, 0.717) is 11.5 Å². The van der Waals surface area contributed by atoms with Crippen LogP contribution in [0.25, 0.3) is 0 Å². The number of aromatic nitrogens is 2. The summed E-state index contributed by atoms with van der Waals surface area (Å²) in [6.45, 7) is 3.44. The molecule has 0 saturated carbocycles. The van der Waals surface area contributed by atoms with Crippen LogP contribution >= 0.6 is 0 Å². The molecule has 0 unspecified atom stereocenters. The molecule has 1 heterocycles. The van der Waals surface area contributed by atoms with Crippen LogP contribution in [0.4, 0.5) is 4.39 Å². The Labute approximate surface area is 108 Å². The van der Waals surface area contributed by atoms with Crippen LogP contribution in [0.3, 0.4) is 0 Å². The molecular formula is C13H11FN2O3. The minimum absolute atomic E-state index is 0.0926. The van der Waals surface area contributed by atoms with E-state index < -0.39 is 11.8 Å². The highest BCUT2D eigenvalue weighted by Gasteiger charge is 2.14. The van der Waals surface area contributed by atoms with Gasteiger partial charge in [0.05, 0.1) is 0 Å². The van der Waals surface area contributed by atoms with Crippen molar-refractivity contribution in [3.05, 3.63) is 47.2 Å². The number of aryl methyl sites for hydroxylation is 2. The second-order valence-corrected chi connectivity index (χ2v) is 3.94. The number of carboxylic acid groups (broad SMARTS) is 1. The summed E-state index contributed by atoms with van der Waals surface area (Å²) < 4.78 is 18.5. The lowest BCUT2D eigenvalue weighted by atomic mass is 10.2. The highest BCUT2D eigenvalue weighted by Crippen LogP contribution is 2.25. The van der Waals surface area contributed by atoms with Gasteiger partial charge in [0.15, 0.2) is 0 Å². The lowest BCUT2D eigenvalue weighted by molar-refractivity contribution is 0.0694. The fourth-order valence-electron chi connectivity index (χ4n) is 1.61. The lowest BCUT2D eigenvalue weighted by Crippen LogP contribution is -2.02. The monoisotopic (exact) mass is 262 g/mol. The van der Waals surface area contributed by atoms with Crippen LogP contribution in [0.2, 0.25) is 0 Å². The molecule has 0 aliphatic heterocycles. The van der Waals surface area contributed by atoms with E-state index in [-0.39, 0.29) is 17.2 Å². The fourth-order valence-corrected chi connectivity index (χ4v) is 1.61. The Hall–Kier alpha value is -2.50. The molecule has 2 aromatic rings. The van der Waals surface area contributed by atoms with E-state index in [1.54, 1.807) is 19.9 Å². The van der Waals surface area contributed by atoms with Crippen molar-refractivity contribution in [2.75, 3.05) is 0 Å². The van der Waals surface area contributed by atoms with E-state index >= 15 is 0 Å². The van der Waals surface area contributed by atoms with Gasteiger partial charge in [-0.1, -0.05) is 0 Å². The molecule has 0 aliphatic carbocycles. The number of rotatable bonds is 3. The van der Waals surface area contributed by atoms with E-state index in [9.17, 15) is 9.18 Å². The summed E-state index contributed by atoms with van der Waals surface area (Å²) in [6.07, 6.45) is 0. The van der Waals surface area contributed by atoms with Gasteiger partial charge >= 0.3 is 5.97 Å². The lowest BCUT2D eigenvalue weighted by Gasteiger charge is -2.08. The zero-order valence-electron chi connectivity index (χ0n) is 10.3. The predicted octanol–water partition coefficient (Wildman–Crippen LogP) is 2.72. The number of aromatic carboxylic acids is 1. The second kappa shape index (κ2) is 5.01. The summed E-state index contributed by atoms with van der Waals surface area (Å²) in [5.74, 6) is -1.20. The van der Waals surface area contributed by atoms with Gasteiger partial charge in [-0.2, -0.15) is 4.98 Å². The Morgan fingerprint density at radius 3 is 2.63 bits per heavy atom. The maximum absolute atomic E-state index is 13.2. The van der Waals surface area contributed by atoms with Crippen molar-refractivity contribution in [2.24, 2.45) is 0 Å². The number of carbonyl (C=O) groups is 1. The quantitative estimate of drug-likeness (QED) is 0.920. The number of carboxylic acids is 1. The number of halogens is 1. The molecule has 0 fully saturated rings. The highest BCUT2D eigenvalue weighted by atomic mass is 19.1. The summed E-state index contributed by atoms with van der Waals surface area (Å²) in [7, 11) is 0. The van der Waals surface area contributed by atoms with Gasteiger partial charge in [-0.3, -0.25) is 0 Å². The Bertz CT molecular complexity index is 624. The molecule has 0 atom stereocenters. The maximum Gasteiger partial charge on any atom is 0.339 e. The number of nitrogens with zero attached hydrogens (tertiary/aromatic N) is 2. The highest BCUT2D eigenvalue weighted by molar-refractivity contribution is 5.90. The molecule has 0 radical (unpaired) electrons. The molecule has 6 heteroatoms. The number of benzene rings is 1. The minimum Gasteiger partial charge on any atom is -0.478 e. The largest absolute Gasteiger partial charge is 0.478 e. The summed E-state index contributed by atoms with van der Waals surface area (Å²) >= 11 is 0. The van der Waals surface area contributed by atoms with Gasteiger partial charge in [-0.25, -0.2) is 14.2 Å². The maximum atomic E-state index is 13.2. The number of hydrogen-bond donors (Lipinski definition) is 1. The molecule has 0 spiro atoms. The van der Waals surface area contributed by atoms with Crippen molar-refractivity contribution in [3.8, 4) is 11.6 Å². The molecule has 1 aromatic carbocycles. The fraction of sp³-hybridized carbons (Fsp3) is 0.154. The van der Waals surface area contributed by atoms with Crippen LogP contribution in [0.5, 0.6) is 11.6 Å². The van der Waals surface area contributed by atoms with E-state index in [1.165, 1.54) is 0 Å². The minimum atomic E-state index is -1.20. The van der Waals surface area contributed by atoms with Crippen LogP contribution in [0.1, 0.15) is 21.9 Å². The first-order chi connectivity index (χ1) is 8.95. The van der Waals surface area contributed by atoms with E-state index in [0.717, 1.165) is 18.2 Å². The Morgan fingerprint density at radius 1 is 1.26 bits per heavy atom. The summed E-state index contributed by atoms with van der Waals surface area (Å²) in [5, 5.41) is 9.01. The Morgan fingerprint density at radius 2 is 2.00 bits per heavy atom. The van der Waals surface area contributed by atoms with Crippen molar-refractivity contribution in [1.29, 1.82) is 0 Å². The van der Waals surface area contributed by atoms with Gasteiger partial charge in [0.1, 0.15) is 23.0 Å². The summed E-state index contributed by atoms with van der Waals surface area (Å²) in [4.78, 5) is 19.1. The zero-order valence-corrected chi connectivity index (χ0v) is 10.3. The van der Waals surface area contributed by atoms with Crippen LogP contribution in [-0.4, -0.2) is 21.0 Å². The van der Waals surface area contributed by atoms with Gasteiger partial charge in [-0.05, 0) is 26.0 Å². The first kappa shape index (κ1) is 12.9. The van der Waals surface area contributed by atoms with Gasteiger partial charge in [0.25, 0.3) is 0 Å². The van der Waals surface area contributed by atoms with E-state index in [4.69, 9.17) is 9.84 Å². The van der Waals surface area contributed by atoms with Gasteiger partial charge < -0.3 is 9.84 Å². The Kier molecular flexibility index (Phi) is 3.41. The normalized spacial score (nSPS) is 10.3. The zero-order chi connectivity index (χ0) is 14.0. The third-order valence-corrected chi connectivity index (χ3v) is 2.33. The molecule has 1 N–H and O–H groups in total. The first-order valence-electron chi connectivity index (χ1n) is 5.48. The molecule has 98 valence electrons. The SMILES string of the molecule is Cc1cc(Oc2cc(F)ccc2C(=O)O)nc(C)n1. The molecule has 0 saturated heterocycles. The van der Waals surface area contributed by atoms with Crippen molar-refractivity contribution >= 4 is 5.97 Å². The molecule has 1 aromatic heterocycles. The van der Waals surface area contributed by atoms with Crippen molar-refractivity contribution in [1.82, 2.24) is 9.97 Å². The molecule has 0 aliphatic rings. The third kappa shape index (κ3) is 3.04.